The maximum absolute atomic E-state index is 13.6. The maximum Gasteiger partial charge on any atom is 0.318 e. The van der Waals surface area contributed by atoms with Gasteiger partial charge in [0.25, 0.3) is 0 Å². The van der Waals surface area contributed by atoms with Crippen molar-refractivity contribution in [2.75, 3.05) is 14.1 Å². The lowest BCUT2D eigenvalue weighted by Crippen LogP contribution is -2.55. The van der Waals surface area contributed by atoms with E-state index < -0.39 is 12.1 Å². The van der Waals surface area contributed by atoms with Gasteiger partial charge in [0.15, 0.2) is 0 Å². The number of thiazole rings is 1. The van der Waals surface area contributed by atoms with Crippen molar-refractivity contribution < 1.29 is 14.7 Å². The molecule has 0 spiro atoms. The quantitative estimate of drug-likeness (QED) is 0.204. The topological polar surface area (TPSA) is 107 Å². The van der Waals surface area contributed by atoms with Crippen molar-refractivity contribution in [1.29, 1.82) is 0 Å². The zero-order valence-corrected chi connectivity index (χ0v) is 26.5. The Morgan fingerprint density at radius 1 is 0.929 bits per heavy atom. The van der Waals surface area contributed by atoms with Crippen LogP contribution in [0.5, 0.6) is 0 Å². The highest BCUT2D eigenvalue weighted by molar-refractivity contribution is 7.09. The van der Waals surface area contributed by atoms with Crippen molar-refractivity contribution in [3.63, 3.8) is 0 Å². The van der Waals surface area contributed by atoms with E-state index in [0.29, 0.717) is 31.7 Å². The smallest absolute Gasteiger partial charge is 0.318 e. The van der Waals surface area contributed by atoms with E-state index >= 15 is 0 Å². The molecule has 4 unspecified atom stereocenters. The number of benzene rings is 2. The minimum absolute atomic E-state index is 0.139. The summed E-state index contributed by atoms with van der Waals surface area (Å²) < 4.78 is 0. The molecule has 8 nitrogen and oxygen atoms in total. The second kappa shape index (κ2) is 16.4. The number of nitrogens with zero attached hydrogens (tertiary/aromatic N) is 2. The summed E-state index contributed by atoms with van der Waals surface area (Å²) in [5, 5.41) is 23.6. The maximum atomic E-state index is 13.6. The number of aromatic nitrogens is 1. The molecule has 1 aromatic heterocycles. The van der Waals surface area contributed by atoms with Crippen LogP contribution in [0.2, 0.25) is 0 Å². The predicted molar refractivity (Wildman–Crippen MR) is 171 cm³/mol. The first kappa shape index (κ1) is 33.2. The molecule has 2 aromatic carbocycles. The summed E-state index contributed by atoms with van der Waals surface area (Å²) >= 11 is 1.59. The molecule has 0 saturated carbocycles. The molecule has 228 valence electrons. The summed E-state index contributed by atoms with van der Waals surface area (Å²) in [6.07, 6.45) is 0.890. The van der Waals surface area contributed by atoms with Gasteiger partial charge in [-0.1, -0.05) is 88.4 Å². The Morgan fingerprint density at radius 2 is 1.52 bits per heavy atom. The summed E-state index contributed by atoms with van der Waals surface area (Å²) in [7, 11) is 3.55. The van der Waals surface area contributed by atoms with E-state index in [1.54, 1.807) is 23.3 Å². The SMILES string of the molecule is CNC(Cc1ccccc1)C(O)CC(Cc1ccccc1)NC(=O)C(NC(=O)N(C)Cc1csc(C(C)C)n1)C(C)C. The van der Waals surface area contributed by atoms with Crippen molar-refractivity contribution in [2.24, 2.45) is 5.92 Å². The zero-order valence-electron chi connectivity index (χ0n) is 25.7. The van der Waals surface area contributed by atoms with Gasteiger partial charge < -0.3 is 26.0 Å². The van der Waals surface area contributed by atoms with Crippen LogP contribution in [0.1, 0.15) is 61.9 Å². The van der Waals surface area contributed by atoms with Crippen molar-refractivity contribution in [1.82, 2.24) is 25.8 Å². The molecule has 0 bridgehead atoms. The summed E-state index contributed by atoms with van der Waals surface area (Å²) in [6, 6.07) is 18.4. The van der Waals surface area contributed by atoms with Crippen LogP contribution in [0, 0.1) is 5.92 Å². The first-order valence-electron chi connectivity index (χ1n) is 14.8. The van der Waals surface area contributed by atoms with E-state index in [9.17, 15) is 14.7 Å². The van der Waals surface area contributed by atoms with Crippen molar-refractivity contribution in [3.05, 3.63) is 87.9 Å². The second-order valence-corrected chi connectivity index (χ2v) is 12.5. The lowest BCUT2D eigenvalue weighted by molar-refractivity contribution is -0.124. The third-order valence-electron chi connectivity index (χ3n) is 7.37. The van der Waals surface area contributed by atoms with Crippen LogP contribution < -0.4 is 16.0 Å². The summed E-state index contributed by atoms with van der Waals surface area (Å²) in [5.74, 6) is -0.0692. The number of aliphatic hydroxyl groups is 1. The molecule has 0 saturated heterocycles. The highest BCUT2D eigenvalue weighted by Gasteiger charge is 2.30. The van der Waals surface area contributed by atoms with E-state index in [4.69, 9.17) is 0 Å². The van der Waals surface area contributed by atoms with Crippen LogP contribution in [-0.2, 0) is 24.2 Å². The number of carbonyl (C=O) groups is 2. The van der Waals surface area contributed by atoms with Gasteiger partial charge in [0, 0.05) is 30.4 Å². The van der Waals surface area contributed by atoms with Gasteiger partial charge in [-0.25, -0.2) is 9.78 Å². The molecular weight excluding hydrogens is 546 g/mol. The fourth-order valence-corrected chi connectivity index (χ4v) is 5.72. The summed E-state index contributed by atoms with van der Waals surface area (Å²) in [5.41, 5.74) is 3.02. The fraction of sp³-hybridized carbons (Fsp3) is 0.485. The highest BCUT2D eigenvalue weighted by Crippen LogP contribution is 2.20. The second-order valence-electron chi connectivity index (χ2n) is 11.6. The number of amides is 3. The van der Waals surface area contributed by atoms with Gasteiger partial charge in [-0.2, -0.15) is 0 Å². The molecule has 9 heteroatoms. The van der Waals surface area contributed by atoms with Gasteiger partial charge in [-0.15, -0.1) is 11.3 Å². The molecule has 4 N–H and O–H groups in total. The van der Waals surface area contributed by atoms with E-state index in [2.05, 4.69) is 34.8 Å². The molecule has 3 rings (SSSR count). The molecule has 1 heterocycles. The normalized spacial score (nSPS) is 14.3. The van der Waals surface area contributed by atoms with Crippen molar-refractivity contribution in [3.8, 4) is 0 Å². The lowest BCUT2D eigenvalue weighted by atomic mass is 9.93. The van der Waals surface area contributed by atoms with Crippen LogP contribution in [0.15, 0.2) is 66.0 Å². The standard InChI is InChI=1S/C33H47N5O3S/c1-22(2)30(37-33(41)38(6)20-27-21-42-32(36-27)23(3)4)31(40)35-26(17-24-13-9-7-10-14-24)19-29(39)28(34-5)18-25-15-11-8-12-16-25/h7-16,21-23,26,28-30,34,39H,17-20H2,1-6H3,(H,35,40)(H,37,41). The predicted octanol–water partition coefficient (Wildman–Crippen LogP) is 4.74. The Kier molecular flexibility index (Phi) is 13.0. The van der Waals surface area contributed by atoms with E-state index in [0.717, 1.165) is 21.8 Å². The Bertz CT molecular complexity index is 1230. The van der Waals surface area contributed by atoms with Crippen LogP contribution in [0.4, 0.5) is 4.79 Å². The average molecular weight is 594 g/mol. The van der Waals surface area contributed by atoms with Gasteiger partial charge in [-0.05, 0) is 43.4 Å². The number of urea groups is 1. The van der Waals surface area contributed by atoms with Crippen LogP contribution in [0.3, 0.4) is 0 Å². The number of nitrogens with one attached hydrogen (secondary N) is 3. The largest absolute Gasteiger partial charge is 0.391 e. The Balaban J connectivity index is 1.69. The monoisotopic (exact) mass is 593 g/mol. The Morgan fingerprint density at radius 3 is 2.05 bits per heavy atom. The lowest BCUT2D eigenvalue weighted by Gasteiger charge is -2.30. The van der Waals surface area contributed by atoms with Crippen molar-refractivity contribution >= 4 is 23.3 Å². The molecule has 0 fully saturated rings. The van der Waals surface area contributed by atoms with E-state index in [1.807, 2.05) is 86.9 Å². The van der Waals surface area contributed by atoms with Crippen LogP contribution in [0.25, 0.3) is 0 Å². The Labute approximate surface area is 255 Å². The fourth-order valence-electron chi connectivity index (χ4n) is 4.89. The molecule has 4 atom stereocenters. The summed E-state index contributed by atoms with van der Waals surface area (Å²) in [6.45, 7) is 8.38. The molecule has 42 heavy (non-hydrogen) atoms. The van der Waals surface area contributed by atoms with E-state index in [-0.39, 0.29) is 29.9 Å². The molecule has 3 aromatic rings. The number of hydrogen-bond donors (Lipinski definition) is 4. The third-order valence-corrected chi connectivity index (χ3v) is 8.56. The van der Waals surface area contributed by atoms with Crippen LogP contribution in [-0.4, -0.2) is 65.3 Å². The minimum atomic E-state index is -0.735. The van der Waals surface area contributed by atoms with Gasteiger partial charge >= 0.3 is 6.03 Å². The van der Waals surface area contributed by atoms with Gasteiger partial charge in [0.05, 0.1) is 23.4 Å². The highest BCUT2D eigenvalue weighted by atomic mass is 32.1. The number of likely N-dealkylation sites (N-methyl/N-ethyl adjacent to an activating group) is 1. The zero-order chi connectivity index (χ0) is 30.6. The van der Waals surface area contributed by atoms with E-state index in [1.165, 1.54) is 0 Å². The number of aliphatic hydroxyl groups excluding tert-OH is 1. The number of carbonyl (C=O) groups excluding carboxylic acids is 2. The first-order chi connectivity index (χ1) is 20.1. The third kappa shape index (κ3) is 10.2. The minimum Gasteiger partial charge on any atom is -0.391 e. The first-order valence-corrected chi connectivity index (χ1v) is 15.6. The van der Waals surface area contributed by atoms with Gasteiger partial charge in [0.1, 0.15) is 6.04 Å². The molecule has 0 aliphatic carbocycles. The number of hydrogen-bond acceptors (Lipinski definition) is 6. The number of rotatable bonds is 15. The Hall–Kier alpha value is -3.27. The molecular formula is C33H47N5O3S. The molecule has 3 amide bonds. The summed E-state index contributed by atoms with van der Waals surface area (Å²) in [4.78, 5) is 32.9. The van der Waals surface area contributed by atoms with Gasteiger partial charge in [-0.3, -0.25) is 4.79 Å². The van der Waals surface area contributed by atoms with Gasteiger partial charge in [0.2, 0.25) is 5.91 Å². The van der Waals surface area contributed by atoms with Crippen molar-refractivity contribution in [2.45, 2.75) is 83.6 Å². The van der Waals surface area contributed by atoms with Crippen LogP contribution >= 0.6 is 11.3 Å². The molecule has 0 aliphatic heterocycles. The molecule has 0 aliphatic rings. The average Bonchev–Trinajstić information content (AvgIpc) is 3.44. The molecule has 0 radical (unpaired) electrons.